The van der Waals surface area contributed by atoms with Crippen molar-refractivity contribution in [1.29, 1.82) is 0 Å². The molecule has 2 bridgehead atoms. The number of aliphatic hydroxyl groups excluding tert-OH is 1. The molecule has 0 saturated carbocycles. The standard InChI is InChI=1S/C37H43N3O6/c1-6-45-28-16-14-26(15-17-28)38-33(42)30-31-35(44)40(27(21-41)19-25-10-8-7-9-11-25)32(37(31)20-24(4)36(30,5)46-37)34(43)39-29-18-22(2)12-13-23(29)3/h7-18,24,27,30-32,41H,6,19-21H2,1-5H3,(H,38,42)(H,39,43)/t24?,27-,30-,31+,32?,36+,37?/m1/s1. The first-order valence-electron chi connectivity index (χ1n) is 16.1. The zero-order chi connectivity index (χ0) is 32.8. The molecule has 3 aliphatic heterocycles. The number of benzene rings is 3. The lowest BCUT2D eigenvalue weighted by atomic mass is 9.62. The third-order valence-corrected chi connectivity index (χ3v) is 10.3. The van der Waals surface area contributed by atoms with Gasteiger partial charge in [0.15, 0.2) is 0 Å². The molecule has 9 nitrogen and oxygen atoms in total. The molecule has 0 radical (unpaired) electrons. The van der Waals surface area contributed by atoms with Gasteiger partial charge in [-0.1, -0.05) is 49.4 Å². The lowest BCUT2D eigenvalue weighted by Gasteiger charge is -2.37. The molecule has 0 aliphatic carbocycles. The van der Waals surface area contributed by atoms with Crippen LogP contribution in [0, 0.1) is 31.6 Å². The molecule has 7 atom stereocenters. The van der Waals surface area contributed by atoms with E-state index < -0.39 is 35.1 Å². The molecule has 3 N–H and O–H groups in total. The number of anilines is 2. The van der Waals surface area contributed by atoms with E-state index in [4.69, 9.17) is 9.47 Å². The number of fused-ring (bicyclic) bond motifs is 1. The molecule has 3 amide bonds. The van der Waals surface area contributed by atoms with E-state index >= 15 is 0 Å². The quantitative estimate of drug-likeness (QED) is 0.295. The summed E-state index contributed by atoms with van der Waals surface area (Å²) >= 11 is 0. The summed E-state index contributed by atoms with van der Waals surface area (Å²) in [4.78, 5) is 45.0. The highest BCUT2D eigenvalue weighted by Gasteiger charge is 2.80. The number of hydrogen-bond donors (Lipinski definition) is 3. The van der Waals surface area contributed by atoms with Gasteiger partial charge in [0.25, 0.3) is 0 Å². The van der Waals surface area contributed by atoms with Crippen molar-refractivity contribution in [3.8, 4) is 5.75 Å². The van der Waals surface area contributed by atoms with Gasteiger partial charge < -0.3 is 30.1 Å². The van der Waals surface area contributed by atoms with Crippen LogP contribution in [0.25, 0.3) is 0 Å². The minimum absolute atomic E-state index is 0.120. The van der Waals surface area contributed by atoms with Gasteiger partial charge in [-0.2, -0.15) is 0 Å². The Labute approximate surface area is 270 Å². The van der Waals surface area contributed by atoms with Crippen molar-refractivity contribution in [3.05, 3.63) is 89.5 Å². The number of aryl methyl sites for hydroxylation is 2. The van der Waals surface area contributed by atoms with E-state index in [9.17, 15) is 19.5 Å². The molecule has 3 unspecified atom stereocenters. The summed E-state index contributed by atoms with van der Waals surface area (Å²) in [5, 5.41) is 16.9. The molecule has 242 valence electrons. The number of carbonyl (C=O) groups is 3. The Bertz CT molecular complexity index is 1630. The molecular formula is C37H43N3O6. The summed E-state index contributed by atoms with van der Waals surface area (Å²) in [5.41, 5.74) is 1.79. The van der Waals surface area contributed by atoms with Gasteiger partial charge in [-0.25, -0.2) is 0 Å². The molecule has 3 saturated heterocycles. The molecular weight excluding hydrogens is 582 g/mol. The summed E-state index contributed by atoms with van der Waals surface area (Å²) in [5.74, 6) is -2.26. The average molecular weight is 626 g/mol. The number of aliphatic hydroxyl groups is 1. The Hall–Kier alpha value is -4.21. The summed E-state index contributed by atoms with van der Waals surface area (Å²) < 4.78 is 12.4. The first-order chi connectivity index (χ1) is 22.0. The topological polar surface area (TPSA) is 117 Å². The number of amides is 3. The van der Waals surface area contributed by atoms with E-state index in [1.54, 1.807) is 24.3 Å². The largest absolute Gasteiger partial charge is 0.494 e. The number of likely N-dealkylation sites (tertiary alicyclic amines) is 1. The van der Waals surface area contributed by atoms with Crippen LogP contribution in [0.1, 0.15) is 43.9 Å². The normalized spacial score (nSPS) is 28.6. The van der Waals surface area contributed by atoms with Crippen LogP contribution in [0.3, 0.4) is 0 Å². The van der Waals surface area contributed by atoms with Crippen molar-refractivity contribution < 1.29 is 29.0 Å². The van der Waals surface area contributed by atoms with Gasteiger partial charge in [-0.3, -0.25) is 14.4 Å². The van der Waals surface area contributed by atoms with Gasteiger partial charge in [0.1, 0.15) is 17.4 Å². The summed E-state index contributed by atoms with van der Waals surface area (Å²) in [6.45, 7) is 9.85. The molecule has 3 aromatic rings. The van der Waals surface area contributed by atoms with Crippen molar-refractivity contribution in [3.63, 3.8) is 0 Å². The van der Waals surface area contributed by atoms with Crippen molar-refractivity contribution in [2.45, 2.75) is 70.7 Å². The first-order valence-corrected chi connectivity index (χ1v) is 16.1. The second-order valence-corrected chi connectivity index (χ2v) is 13.2. The van der Waals surface area contributed by atoms with Gasteiger partial charge in [0.05, 0.1) is 36.7 Å². The van der Waals surface area contributed by atoms with E-state index in [0.29, 0.717) is 36.6 Å². The number of rotatable bonds is 10. The smallest absolute Gasteiger partial charge is 0.250 e. The SMILES string of the molecule is CCOc1ccc(NC(=O)[C@H]2[C@H]3C(=O)N([C@@H](CO)Cc4ccccc4)C(C(=O)Nc4cc(C)ccc4C)C34CC(C)[C@]2(C)O4)cc1. The van der Waals surface area contributed by atoms with Crippen molar-refractivity contribution in [2.24, 2.45) is 17.8 Å². The van der Waals surface area contributed by atoms with Crippen LogP contribution in [0.2, 0.25) is 0 Å². The monoisotopic (exact) mass is 625 g/mol. The maximum Gasteiger partial charge on any atom is 0.250 e. The molecule has 6 rings (SSSR count). The van der Waals surface area contributed by atoms with E-state index in [1.165, 1.54) is 4.90 Å². The van der Waals surface area contributed by atoms with E-state index in [-0.39, 0.29) is 30.2 Å². The molecule has 1 spiro atoms. The van der Waals surface area contributed by atoms with E-state index in [2.05, 4.69) is 10.6 Å². The second-order valence-electron chi connectivity index (χ2n) is 13.2. The maximum absolute atomic E-state index is 14.7. The van der Waals surface area contributed by atoms with Crippen molar-refractivity contribution in [2.75, 3.05) is 23.8 Å². The fourth-order valence-corrected chi connectivity index (χ4v) is 8.00. The van der Waals surface area contributed by atoms with Crippen LogP contribution < -0.4 is 15.4 Å². The highest BCUT2D eigenvalue weighted by Crippen LogP contribution is 2.65. The fourth-order valence-electron chi connectivity index (χ4n) is 8.00. The molecule has 9 heteroatoms. The van der Waals surface area contributed by atoms with Crippen LogP contribution in [0.5, 0.6) is 5.75 Å². The van der Waals surface area contributed by atoms with Gasteiger partial charge in [-0.05, 0) is 93.5 Å². The number of carbonyl (C=O) groups excluding carboxylic acids is 3. The molecule has 0 aromatic heterocycles. The lowest BCUT2D eigenvalue weighted by Crippen LogP contribution is -2.57. The Balaban J connectivity index is 1.40. The molecule has 3 aliphatic rings. The third-order valence-electron chi connectivity index (χ3n) is 10.3. The number of ether oxygens (including phenoxy) is 2. The molecule has 3 heterocycles. The Morgan fingerprint density at radius 2 is 1.76 bits per heavy atom. The van der Waals surface area contributed by atoms with Crippen LogP contribution in [0.4, 0.5) is 11.4 Å². The van der Waals surface area contributed by atoms with Gasteiger partial charge >= 0.3 is 0 Å². The number of nitrogens with zero attached hydrogens (tertiary/aromatic N) is 1. The van der Waals surface area contributed by atoms with Gasteiger partial charge in [0.2, 0.25) is 17.7 Å². The van der Waals surface area contributed by atoms with E-state index in [1.807, 2.05) is 83.1 Å². The maximum atomic E-state index is 14.7. The van der Waals surface area contributed by atoms with Gasteiger partial charge in [0, 0.05) is 11.4 Å². The lowest BCUT2D eigenvalue weighted by molar-refractivity contribution is -0.147. The minimum Gasteiger partial charge on any atom is -0.494 e. The Morgan fingerprint density at radius 1 is 1.04 bits per heavy atom. The molecule has 3 fully saturated rings. The highest BCUT2D eigenvalue weighted by atomic mass is 16.5. The molecule has 46 heavy (non-hydrogen) atoms. The first kappa shape index (κ1) is 31.8. The molecule has 3 aromatic carbocycles. The number of nitrogens with one attached hydrogen (secondary N) is 2. The Kier molecular flexibility index (Phi) is 8.42. The summed E-state index contributed by atoms with van der Waals surface area (Å²) in [6.07, 6.45) is 0.770. The van der Waals surface area contributed by atoms with Crippen molar-refractivity contribution >= 4 is 29.1 Å². The Morgan fingerprint density at radius 3 is 2.43 bits per heavy atom. The summed E-state index contributed by atoms with van der Waals surface area (Å²) in [6, 6.07) is 20.8. The summed E-state index contributed by atoms with van der Waals surface area (Å²) in [7, 11) is 0. The zero-order valence-corrected chi connectivity index (χ0v) is 27.1. The van der Waals surface area contributed by atoms with E-state index in [0.717, 1.165) is 16.7 Å². The second kappa shape index (κ2) is 12.2. The minimum atomic E-state index is -1.25. The highest BCUT2D eigenvalue weighted by molar-refractivity contribution is 6.05. The predicted octanol–water partition coefficient (Wildman–Crippen LogP) is 4.89. The fraction of sp³-hybridized carbons (Fsp3) is 0.432. The average Bonchev–Trinajstić information content (AvgIpc) is 3.55. The number of hydrogen-bond acceptors (Lipinski definition) is 6. The van der Waals surface area contributed by atoms with Crippen LogP contribution in [0.15, 0.2) is 72.8 Å². The van der Waals surface area contributed by atoms with Crippen molar-refractivity contribution in [1.82, 2.24) is 4.90 Å². The van der Waals surface area contributed by atoms with Crippen LogP contribution in [-0.4, -0.2) is 64.2 Å². The third kappa shape index (κ3) is 5.25. The van der Waals surface area contributed by atoms with Gasteiger partial charge in [-0.15, -0.1) is 0 Å². The zero-order valence-electron chi connectivity index (χ0n) is 27.1. The van der Waals surface area contributed by atoms with Crippen LogP contribution >= 0.6 is 0 Å². The van der Waals surface area contributed by atoms with Crippen LogP contribution in [-0.2, 0) is 25.5 Å². The predicted molar refractivity (Wildman–Crippen MR) is 175 cm³/mol.